The molecule has 1 saturated heterocycles. The second-order valence-electron chi connectivity index (χ2n) is 10.3. The summed E-state index contributed by atoms with van der Waals surface area (Å²) in [6.45, 7) is 5.52. The van der Waals surface area contributed by atoms with Crippen molar-refractivity contribution in [2.75, 3.05) is 17.7 Å². The van der Waals surface area contributed by atoms with E-state index in [1.54, 1.807) is 23.1 Å². The molecular formula is C32H35FN2O5S. The second-order valence-corrected chi connectivity index (χ2v) is 12.1. The first-order chi connectivity index (χ1) is 19.6. The van der Waals surface area contributed by atoms with E-state index in [-0.39, 0.29) is 23.7 Å². The quantitative estimate of drug-likeness (QED) is 0.159. The fraction of sp³-hybridized carbons (Fsp3) is 0.312. The van der Waals surface area contributed by atoms with Crippen LogP contribution in [0.5, 0.6) is 0 Å². The summed E-state index contributed by atoms with van der Waals surface area (Å²) >= 11 is 0. The fourth-order valence-corrected chi connectivity index (χ4v) is 5.72. The standard InChI is InChI=1S/C32H35FN2O5S/c1-4-23-7-11-26(12-8-23)31-29(19-20-30(40-22(2)36)25-13-15-27(33)16-14-25)32(37)35(31)28-17-9-24(10-18-28)6-5-21-34-41(3,38)39/h4,7-18,29-31,34H,1,5-6,19-21H2,2-3H3/t29?,30-,31?/m0/s1. The predicted octanol–water partition coefficient (Wildman–Crippen LogP) is 5.74. The SMILES string of the molecule is C=Cc1ccc(C2C(CC[C@H](OC(C)=O)c3ccc(F)cc3)C(=O)N2c2ccc(CCCNS(C)(=O)=O)cc2)cc1. The van der Waals surface area contributed by atoms with Crippen LogP contribution < -0.4 is 9.62 Å². The Labute approximate surface area is 241 Å². The number of anilines is 1. The number of carbonyl (C=O) groups excluding carboxylic acids is 2. The molecule has 1 heterocycles. The average Bonchev–Trinajstić information content (AvgIpc) is 2.94. The summed E-state index contributed by atoms with van der Waals surface area (Å²) in [7, 11) is -3.21. The molecule has 0 radical (unpaired) electrons. The number of sulfonamides is 1. The number of rotatable bonds is 13. The number of benzene rings is 3. The van der Waals surface area contributed by atoms with E-state index in [1.165, 1.54) is 19.1 Å². The molecule has 0 bridgehead atoms. The molecule has 3 atom stereocenters. The van der Waals surface area contributed by atoms with Gasteiger partial charge in [-0.1, -0.05) is 61.2 Å². The molecule has 7 nitrogen and oxygen atoms in total. The second kappa shape index (κ2) is 13.2. The number of ether oxygens (including phenoxy) is 1. The Hall–Kier alpha value is -3.82. The van der Waals surface area contributed by atoms with Gasteiger partial charge in [-0.3, -0.25) is 9.59 Å². The van der Waals surface area contributed by atoms with Crippen molar-refractivity contribution in [1.29, 1.82) is 0 Å². The van der Waals surface area contributed by atoms with Crippen LogP contribution in [0.25, 0.3) is 6.08 Å². The highest BCUT2D eigenvalue weighted by atomic mass is 32.2. The van der Waals surface area contributed by atoms with Crippen LogP contribution >= 0.6 is 0 Å². The van der Waals surface area contributed by atoms with Crippen LogP contribution in [-0.2, 0) is 30.8 Å². The van der Waals surface area contributed by atoms with E-state index in [9.17, 15) is 22.4 Å². The summed E-state index contributed by atoms with van der Waals surface area (Å²) < 4.78 is 44.1. The van der Waals surface area contributed by atoms with Gasteiger partial charge in [-0.25, -0.2) is 17.5 Å². The molecule has 1 fully saturated rings. The average molecular weight is 579 g/mol. The highest BCUT2D eigenvalue weighted by Gasteiger charge is 2.48. The maximum atomic E-state index is 13.6. The van der Waals surface area contributed by atoms with E-state index >= 15 is 0 Å². The molecule has 2 unspecified atom stereocenters. The van der Waals surface area contributed by atoms with E-state index in [0.29, 0.717) is 37.8 Å². The van der Waals surface area contributed by atoms with Crippen molar-refractivity contribution in [3.05, 3.63) is 107 Å². The Bertz CT molecular complexity index is 1470. The van der Waals surface area contributed by atoms with Crippen LogP contribution in [-0.4, -0.2) is 33.1 Å². The zero-order chi connectivity index (χ0) is 29.6. The summed E-state index contributed by atoms with van der Waals surface area (Å²) in [5.41, 5.74) is 4.46. The van der Waals surface area contributed by atoms with Crippen LogP contribution in [0.15, 0.2) is 79.4 Å². The molecular weight excluding hydrogens is 543 g/mol. The minimum atomic E-state index is -3.21. The van der Waals surface area contributed by atoms with Gasteiger partial charge in [0.15, 0.2) is 0 Å². The minimum Gasteiger partial charge on any atom is -0.458 e. The molecule has 0 aromatic heterocycles. The molecule has 0 aliphatic carbocycles. The van der Waals surface area contributed by atoms with E-state index in [4.69, 9.17) is 4.74 Å². The number of esters is 1. The lowest BCUT2D eigenvalue weighted by Crippen LogP contribution is -2.55. The molecule has 1 amide bonds. The third-order valence-electron chi connectivity index (χ3n) is 7.24. The number of hydrogen-bond donors (Lipinski definition) is 1. The molecule has 3 aromatic rings. The monoisotopic (exact) mass is 578 g/mol. The van der Waals surface area contributed by atoms with Crippen molar-refractivity contribution >= 4 is 33.7 Å². The Balaban J connectivity index is 1.51. The van der Waals surface area contributed by atoms with Gasteiger partial charge in [-0.05, 0) is 72.2 Å². The lowest BCUT2D eigenvalue weighted by Gasteiger charge is -2.48. The van der Waals surface area contributed by atoms with Crippen LogP contribution in [0.1, 0.15) is 60.6 Å². The van der Waals surface area contributed by atoms with Crippen molar-refractivity contribution in [3.63, 3.8) is 0 Å². The topological polar surface area (TPSA) is 92.8 Å². The smallest absolute Gasteiger partial charge is 0.303 e. The zero-order valence-electron chi connectivity index (χ0n) is 23.3. The first kappa shape index (κ1) is 30.1. The molecule has 0 spiro atoms. The van der Waals surface area contributed by atoms with Crippen LogP contribution in [0.3, 0.4) is 0 Å². The van der Waals surface area contributed by atoms with Crippen LogP contribution in [0.2, 0.25) is 0 Å². The van der Waals surface area contributed by atoms with Crippen molar-refractivity contribution < 1.29 is 27.1 Å². The normalized spacial score (nSPS) is 17.5. The lowest BCUT2D eigenvalue weighted by atomic mass is 9.78. The molecule has 1 aliphatic rings. The Morgan fingerprint density at radius 3 is 2.32 bits per heavy atom. The van der Waals surface area contributed by atoms with Gasteiger partial charge in [0, 0.05) is 19.2 Å². The largest absolute Gasteiger partial charge is 0.458 e. The van der Waals surface area contributed by atoms with Gasteiger partial charge in [0.2, 0.25) is 15.9 Å². The third kappa shape index (κ3) is 7.89. The number of amides is 1. The summed E-state index contributed by atoms with van der Waals surface area (Å²) in [4.78, 5) is 27.2. The summed E-state index contributed by atoms with van der Waals surface area (Å²) in [5.74, 6) is -1.16. The number of β-lactam (4-membered cyclic amide) rings is 1. The van der Waals surface area contributed by atoms with Gasteiger partial charge >= 0.3 is 5.97 Å². The first-order valence-corrected chi connectivity index (χ1v) is 15.5. The third-order valence-corrected chi connectivity index (χ3v) is 7.97. The van der Waals surface area contributed by atoms with Crippen molar-refractivity contribution in [1.82, 2.24) is 4.72 Å². The molecule has 1 N–H and O–H groups in total. The highest BCUT2D eigenvalue weighted by Crippen LogP contribution is 2.46. The number of hydrogen-bond acceptors (Lipinski definition) is 5. The van der Waals surface area contributed by atoms with Gasteiger partial charge < -0.3 is 9.64 Å². The molecule has 3 aromatic carbocycles. The van der Waals surface area contributed by atoms with Gasteiger partial charge in [0.1, 0.15) is 11.9 Å². The maximum Gasteiger partial charge on any atom is 0.303 e. The van der Waals surface area contributed by atoms with Gasteiger partial charge in [0.25, 0.3) is 0 Å². The number of nitrogens with one attached hydrogen (secondary N) is 1. The molecule has 41 heavy (non-hydrogen) atoms. The molecule has 1 aliphatic heterocycles. The van der Waals surface area contributed by atoms with Crippen LogP contribution in [0, 0.1) is 11.7 Å². The number of carbonyl (C=O) groups is 2. The molecule has 4 rings (SSSR count). The van der Waals surface area contributed by atoms with E-state index in [2.05, 4.69) is 11.3 Å². The Morgan fingerprint density at radius 1 is 1.07 bits per heavy atom. The Morgan fingerprint density at radius 2 is 1.73 bits per heavy atom. The fourth-order valence-electron chi connectivity index (χ4n) is 5.20. The van der Waals surface area contributed by atoms with Crippen molar-refractivity contribution in [2.24, 2.45) is 5.92 Å². The van der Waals surface area contributed by atoms with E-state index in [1.807, 2.05) is 48.5 Å². The van der Waals surface area contributed by atoms with E-state index in [0.717, 1.165) is 28.6 Å². The first-order valence-electron chi connectivity index (χ1n) is 13.6. The number of aryl methyl sites for hydroxylation is 1. The maximum absolute atomic E-state index is 13.6. The summed E-state index contributed by atoms with van der Waals surface area (Å²) in [6.07, 6.45) is 4.57. The van der Waals surface area contributed by atoms with Crippen LogP contribution in [0.4, 0.5) is 10.1 Å². The number of nitrogens with zero attached hydrogens (tertiary/aromatic N) is 1. The van der Waals surface area contributed by atoms with Gasteiger partial charge in [-0.2, -0.15) is 0 Å². The van der Waals surface area contributed by atoms with Crippen molar-refractivity contribution in [2.45, 2.75) is 44.8 Å². The van der Waals surface area contributed by atoms with Gasteiger partial charge in [-0.15, -0.1) is 0 Å². The van der Waals surface area contributed by atoms with Gasteiger partial charge in [0.05, 0.1) is 18.2 Å². The zero-order valence-corrected chi connectivity index (χ0v) is 24.1. The molecule has 9 heteroatoms. The molecule has 216 valence electrons. The number of halogens is 1. The van der Waals surface area contributed by atoms with Crippen molar-refractivity contribution in [3.8, 4) is 0 Å². The summed E-state index contributed by atoms with van der Waals surface area (Å²) in [6, 6.07) is 21.3. The lowest BCUT2D eigenvalue weighted by molar-refractivity contribution is -0.147. The minimum absolute atomic E-state index is 0.0198. The highest BCUT2D eigenvalue weighted by molar-refractivity contribution is 7.88. The predicted molar refractivity (Wildman–Crippen MR) is 158 cm³/mol. The molecule has 0 saturated carbocycles. The Kier molecular flexibility index (Phi) is 9.73. The summed E-state index contributed by atoms with van der Waals surface area (Å²) in [5, 5.41) is 0. The van der Waals surface area contributed by atoms with E-state index < -0.39 is 22.1 Å².